The molecule has 0 unspecified atom stereocenters. The van der Waals surface area contributed by atoms with Gasteiger partial charge in [-0.15, -0.1) is 0 Å². The van der Waals surface area contributed by atoms with Gasteiger partial charge in [-0.1, -0.05) is 59.7 Å². The highest BCUT2D eigenvalue weighted by molar-refractivity contribution is 5.98. The Morgan fingerprint density at radius 3 is 1.37 bits per heavy atom. The molecule has 3 rings (SSSR count). The van der Waals surface area contributed by atoms with Crippen molar-refractivity contribution in [1.29, 1.82) is 0 Å². The fourth-order valence-corrected chi connectivity index (χ4v) is 2.15. The quantitative estimate of drug-likeness (QED) is 0.429. The van der Waals surface area contributed by atoms with Gasteiger partial charge in [-0.25, -0.2) is 0 Å². The lowest BCUT2D eigenvalue weighted by Gasteiger charge is -2.00. The maximum Gasteiger partial charge on any atom is 0.159 e. The molecule has 0 amide bonds. The van der Waals surface area contributed by atoms with E-state index in [0.717, 1.165) is 10.8 Å². The van der Waals surface area contributed by atoms with Crippen LogP contribution in [0.4, 0.5) is 0 Å². The maximum atomic E-state index is 11.1. The Hall–Kier alpha value is -3.14. The van der Waals surface area contributed by atoms with Gasteiger partial charge in [0.15, 0.2) is 11.6 Å². The molecule has 0 aliphatic heterocycles. The minimum atomic E-state index is 0.0139. The Bertz CT molecular complexity index is 881. The molecule has 0 saturated carbocycles. The molecule has 164 valence electrons. The summed E-state index contributed by atoms with van der Waals surface area (Å²) in [6, 6.07) is 16.7. The number of phenolic OH excluding ortho intramolecular Hbond substituents is 2. The zero-order chi connectivity index (χ0) is 23.7. The molecule has 0 aliphatic carbocycles. The summed E-state index contributed by atoms with van der Waals surface area (Å²) in [5.74, 6) is 0.498. The fraction of sp³-hybridized carbons (Fsp3) is 0.308. The summed E-state index contributed by atoms with van der Waals surface area (Å²) < 4.78 is 0. The second-order valence-electron chi connectivity index (χ2n) is 5.41. The number of phenols is 2. The number of fused-ring (bicyclic) bond motifs is 1. The third-order valence-corrected chi connectivity index (χ3v) is 3.50. The first-order chi connectivity index (χ1) is 14.4. The molecular formula is C26H36O4. The SMILES string of the molecule is CC.CC.CC.CC(=O)c1ccc(O)cc1.CC(=O)c1ccc2cc(O)ccc2c1. The largest absolute Gasteiger partial charge is 0.508 e. The third kappa shape index (κ3) is 10.4. The minimum Gasteiger partial charge on any atom is -0.508 e. The van der Waals surface area contributed by atoms with Crippen LogP contribution < -0.4 is 0 Å². The number of ketones is 2. The minimum absolute atomic E-state index is 0.0139. The summed E-state index contributed by atoms with van der Waals surface area (Å²) in [6.45, 7) is 15.0. The summed E-state index contributed by atoms with van der Waals surface area (Å²) in [5, 5.41) is 20.0. The van der Waals surface area contributed by atoms with Gasteiger partial charge in [0.25, 0.3) is 0 Å². The molecule has 0 bridgehead atoms. The van der Waals surface area contributed by atoms with Crippen LogP contribution in [0.15, 0.2) is 60.7 Å². The van der Waals surface area contributed by atoms with Crippen LogP contribution in [0.2, 0.25) is 0 Å². The van der Waals surface area contributed by atoms with Gasteiger partial charge in [0.2, 0.25) is 0 Å². The van der Waals surface area contributed by atoms with Crippen LogP contribution in [0.1, 0.15) is 76.1 Å². The molecule has 30 heavy (non-hydrogen) atoms. The molecule has 0 spiro atoms. The standard InChI is InChI=1S/C12H10O2.C8H8O2.3C2H6/c1-8(13)9-2-3-11-7-12(14)5-4-10(11)6-9;1-6(9)7-2-4-8(10)5-3-7;3*1-2/h2-7,14H,1H3;2-5,10H,1H3;3*1-2H3. The van der Waals surface area contributed by atoms with Crippen molar-refractivity contribution in [2.45, 2.75) is 55.4 Å². The molecule has 4 nitrogen and oxygen atoms in total. The number of rotatable bonds is 2. The van der Waals surface area contributed by atoms with E-state index >= 15 is 0 Å². The second kappa shape index (κ2) is 16.8. The first-order valence-corrected chi connectivity index (χ1v) is 10.4. The van der Waals surface area contributed by atoms with Gasteiger partial charge in [-0.3, -0.25) is 9.59 Å². The Labute approximate surface area is 181 Å². The molecule has 0 heterocycles. The number of hydrogen-bond donors (Lipinski definition) is 2. The fourth-order valence-electron chi connectivity index (χ4n) is 2.15. The van der Waals surface area contributed by atoms with E-state index in [-0.39, 0.29) is 23.1 Å². The Morgan fingerprint density at radius 2 is 0.900 bits per heavy atom. The number of carbonyl (C=O) groups excluding carboxylic acids is 2. The summed E-state index contributed by atoms with van der Waals surface area (Å²) in [4.78, 5) is 21.8. The molecular weight excluding hydrogens is 376 g/mol. The van der Waals surface area contributed by atoms with Gasteiger partial charge < -0.3 is 10.2 Å². The smallest absolute Gasteiger partial charge is 0.159 e. The first-order valence-electron chi connectivity index (χ1n) is 10.4. The van der Waals surface area contributed by atoms with Gasteiger partial charge in [0.1, 0.15) is 11.5 Å². The van der Waals surface area contributed by atoms with Crippen LogP contribution in [-0.4, -0.2) is 21.8 Å². The lowest BCUT2D eigenvalue weighted by molar-refractivity contribution is 0.100. The number of hydrogen-bond acceptors (Lipinski definition) is 4. The van der Waals surface area contributed by atoms with Crippen molar-refractivity contribution in [2.75, 3.05) is 0 Å². The van der Waals surface area contributed by atoms with Crippen molar-refractivity contribution >= 4 is 22.3 Å². The summed E-state index contributed by atoms with van der Waals surface area (Å²) in [7, 11) is 0. The third-order valence-electron chi connectivity index (χ3n) is 3.50. The van der Waals surface area contributed by atoms with Crippen LogP contribution in [0.25, 0.3) is 10.8 Å². The zero-order valence-electron chi connectivity index (χ0n) is 19.5. The highest BCUT2D eigenvalue weighted by Crippen LogP contribution is 2.21. The Kier molecular flexibility index (Phi) is 16.3. The van der Waals surface area contributed by atoms with Gasteiger partial charge in [-0.2, -0.15) is 0 Å². The lowest BCUT2D eigenvalue weighted by atomic mass is 10.0. The van der Waals surface area contributed by atoms with Gasteiger partial charge in [-0.05, 0) is 67.1 Å². The normalized spacial score (nSPS) is 8.53. The highest BCUT2D eigenvalue weighted by Gasteiger charge is 2.01. The average molecular weight is 413 g/mol. The summed E-state index contributed by atoms with van der Waals surface area (Å²) >= 11 is 0. The van der Waals surface area contributed by atoms with Crippen molar-refractivity contribution in [3.8, 4) is 11.5 Å². The Morgan fingerprint density at radius 1 is 0.533 bits per heavy atom. The number of Topliss-reactive ketones (excluding diaryl/α,β-unsaturated/α-hetero) is 2. The van der Waals surface area contributed by atoms with Crippen LogP contribution in [0.3, 0.4) is 0 Å². The van der Waals surface area contributed by atoms with E-state index in [9.17, 15) is 14.7 Å². The summed E-state index contributed by atoms with van der Waals surface area (Å²) in [6.07, 6.45) is 0. The molecule has 0 aromatic heterocycles. The van der Waals surface area contributed by atoms with Gasteiger partial charge in [0, 0.05) is 11.1 Å². The van der Waals surface area contributed by atoms with E-state index in [2.05, 4.69) is 0 Å². The predicted molar refractivity (Wildman–Crippen MR) is 128 cm³/mol. The van der Waals surface area contributed by atoms with Gasteiger partial charge >= 0.3 is 0 Å². The molecule has 0 fully saturated rings. The monoisotopic (exact) mass is 412 g/mol. The van der Waals surface area contributed by atoms with Crippen LogP contribution in [-0.2, 0) is 0 Å². The van der Waals surface area contributed by atoms with E-state index in [0.29, 0.717) is 11.1 Å². The molecule has 0 aliphatic rings. The lowest BCUT2D eigenvalue weighted by Crippen LogP contribution is -1.90. The molecule has 2 N–H and O–H groups in total. The number of benzene rings is 3. The Balaban J connectivity index is 0. The molecule has 0 atom stereocenters. The predicted octanol–water partition coefficient (Wildman–Crippen LogP) is 7.42. The van der Waals surface area contributed by atoms with E-state index in [4.69, 9.17) is 5.11 Å². The highest BCUT2D eigenvalue weighted by atomic mass is 16.3. The van der Waals surface area contributed by atoms with Crippen molar-refractivity contribution in [2.24, 2.45) is 0 Å². The van der Waals surface area contributed by atoms with Crippen LogP contribution >= 0.6 is 0 Å². The molecule has 4 heteroatoms. The van der Waals surface area contributed by atoms with Crippen molar-refractivity contribution in [3.05, 3.63) is 71.8 Å². The molecule has 0 radical (unpaired) electrons. The van der Waals surface area contributed by atoms with E-state index in [1.165, 1.54) is 19.1 Å². The van der Waals surface area contributed by atoms with Crippen molar-refractivity contribution in [1.82, 2.24) is 0 Å². The van der Waals surface area contributed by atoms with E-state index < -0.39 is 0 Å². The maximum absolute atomic E-state index is 11.1. The van der Waals surface area contributed by atoms with Crippen molar-refractivity contribution < 1.29 is 19.8 Å². The average Bonchev–Trinajstić information content (AvgIpc) is 2.78. The van der Waals surface area contributed by atoms with E-state index in [1.807, 2.05) is 53.7 Å². The topological polar surface area (TPSA) is 74.6 Å². The number of aromatic hydroxyl groups is 2. The summed E-state index contributed by atoms with van der Waals surface area (Å²) in [5.41, 5.74) is 1.32. The zero-order valence-corrected chi connectivity index (χ0v) is 19.5. The molecule has 0 saturated heterocycles. The molecule has 3 aromatic rings. The van der Waals surface area contributed by atoms with E-state index in [1.54, 1.807) is 43.3 Å². The second-order valence-corrected chi connectivity index (χ2v) is 5.41. The number of carbonyl (C=O) groups is 2. The van der Waals surface area contributed by atoms with Crippen molar-refractivity contribution in [3.63, 3.8) is 0 Å². The van der Waals surface area contributed by atoms with Gasteiger partial charge in [0.05, 0.1) is 0 Å². The first kappa shape index (κ1) is 29.1. The van der Waals surface area contributed by atoms with Crippen LogP contribution in [0, 0.1) is 0 Å². The molecule has 3 aromatic carbocycles. The van der Waals surface area contributed by atoms with Crippen LogP contribution in [0.5, 0.6) is 11.5 Å².